The summed E-state index contributed by atoms with van der Waals surface area (Å²) in [5, 5.41) is 11.1. The molecule has 0 aliphatic carbocycles. The van der Waals surface area contributed by atoms with Crippen LogP contribution in [0, 0.1) is 0 Å². The van der Waals surface area contributed by atoms with Gasteiger partial charge in [0.1, 0.15) is 0 Å². The largest absolute Gasteiger partial charge is 0.312 e. The van der Waals surface area contributed by atoms with Crippen molar-refractivity contribution < 1.29 is 0 Å². The average molecular weight is 197 g/mol. The monoisotopic (exact) mass is 197 g/mol. The first-order valence-electron chi connectivity index (χ1n) is 4.81. The van der Waals surface area contributed by atoms with Gasteiger partial charge in [0.25, 0.3) is 0 Å². The summed E-state index contributed by atoms with van der Waals surface area (Å²) in [6.45, 7) is 1.05. The molecule has 0 bridgehead atoms. The average Bonchev–Trinajstić information content (AvgIpc) is 2.53. The Labute approximate surface area is 85.1 Å². The van der Waals surface area contributed by atoms with Crippen LogP contribution in [0.25, 0.3) is 0 Å². The van der Waals surface area contributed by atoms with Gasteiger partial charge in [-0.05, 0) is 34.1 Å². The third-order valence-corrected chi connectivity index (χ3v) is 2.32. The van der Waals surface area contributed by atoms with Crippen molar-refractivity contribution in [2.75, 3.05) is 27.7 Å². The van der Waals surface area contributed by atoms with Gasteiger partial charge in [-0.15, -0.1) is 5.10 Å². The van der Waals surface area contributed by atoms with Crippen LogP contribution < -0.4 is 5.32 Å². The van der Waals surface area contributed by atoms with Crippen molar-refractivity contribution in [3.05, 3.63) is 11.9 Å². The van der Waals surface area contributed by atoms with Gasteiger partial charge < -0.3 is 10.2 Å². The molecule has 0 aromatic carbocycles. The van der Waals surface area contributed by atoms with Gasteiger partial charge in [-0.3, -0.25) is 4.68 Å². The van der Waals surface area contributed by atoms with Crippen LogP contribution in [0.4, 0.5) is 0 Å². The quantitative estimate of drug-likeness (QED) is 0.723. The van der Waals surface area contributed by atoms with E-state index in [1.807, 2.05) is 25.0 Å². The van der Waals surface area contributed by atoms with E-state index in [2.05, 4.69) is 34.6 Å². The summed E-state index contributed by atoms with van der Waals surface area (Å²) >= 11 is 0. The molecule has 0 radical (unpaired) electrons. The SMILES string of the molecule is CNC(CCN(C)C)c1cnnn1C. The molecular weight excluding hydrogens is 178 g/mol. The van der Waals surface area contributed by atoms with Crippen LogP contribution in [0.15, 0.2) is 6.20 Å². The number of hydrogen-bond acceptors (Lipinski definition) is 4. The summed E-state index contributed by atoms with van der Waals surface area (Å²) in [6.07, 6.45) is 2.88. The lowest BCUT2D eigenvalue weighted by atomic mass is 10.1. The molecule has 80 valence electrons. The molecule has 0 aliphatic rings. The molecule has 0 amide bonds. The van der Waals surface area contributed by atoms with Gasteiger partial charge in [-0.2, -0.15) is 0 Å². The summed E-state index contributed by atoms with van der Waals surface area (Å²) in [6, 6.07) is 0.331. The summed E-state index contributed by atoms with van der Waals surface area (Å²) in [7, 11) is 8.04. The molecule has 1 rings (SSSR count). The molecule has 0 saturated heterocycles. The molecule has 1 aromatic rings. The number of aryl methyl sites for hydroxylation is 1. The number of nitrogens with zero attached hydrogens (tertiary/aromatic N) is 4. The maximum atomic E-state index is 3.93. The first kappa shape index (κ1) is 11.1. The third kappa shape index (κ3) is 2.78. The van der Waals surface area contributed by atoms with Gasteiger partial charge in [0.15, 0.2) is 0 Å². The van der Waals surface area contributed by atoms with Crippen molar-refractivity contribution >= 4 is 0 Å². The Hall–Kier alpha value is -0.940. The van der Waals surface area contributed by atoms with Crippen LogP contribution in [0.1, 0.15) is 18.2 Å². The minimum atomic E-state index is 0.331. The van der Waals surface area contributed by atoms with Crippen LogP contribution in [-0.4, -0.2) is 47.6 Å². The highest BCUT2D eigenvalue weighted by molar-refractivity contribution is 5.01. The maximum Gasteiger partial charge on any atom is 0.0753 e. The van der Waals surface area contributed by atoms with Gasteiger partial charge in [-0.1, -0.05) is 5.21 Å². The molecule has 5 nitrogen and oxygen atoms in total. The van der Waals surface area contributed by atoms with Gasteiger partial charge in [-0.25, -0.2) is 0 Å². The van der Waals surface area contributed by atoms with Gasteiger partial charge >= 0.3 is 0 Å². The molecule has 0 spiro atoms. The van der Waals surface area contributed by atoms with E-state index in [9.17, 15) is 0 Å². The normalized spacial score (nSPS) is 13.5. The predicted octanol–water partition coefficient (Wildman–Crippen LogP) is 0.0273. The number of nitrogens with one attached hydrogen (secondary N) is 1. The van der Waals surface area contributed by atoms with Crippen LogP contribution in [0.2, 0.25) is 0 Å². The highest BCUT2D eigenvalue weighted by Crippen LogP contribution is 2.13. The van der Waals surface area contributed by atoms with Gasteiger partial charge in [0, 0.05) is 7.05 Å². The second-order valence-electron chi connectivity index (χ2n) is 3.72. The van der Waals surface area contributed by atoms with E-state index in [4.69, 9.17) is 0 Å². The molecule has 14 heavy (non-hydrogen) atoms. The predicted molar refractivity (Wildman–Crippen MR) is 56.0 cm³/mol. The van der Waals surface area contributed by atoms with E-state index < -0.39 is 0 Å². The highest BCUT2D eigenvalue weighted by Gasteiger charge is 2.13. The number of rotatable bonds is 5. The first-order chi connectivity index (χ1) is 6.65. The fourth-order valence-electron chi connectivity index (χ4n) is 1.44. The molecule has 0 saturated carbocycles. The van der Waals surface area contributed by atoms with Gasteiger partial charge in [0.05, 0.1) is 17.9 Å². The van der Waals surface area contributed by atoms with Gasteiger partial charge in [0.2, 0.25) is 0 Å². The van der Waals surface area contributed by atoms with Crippen LogP contribution in [0.5, 0.6) is 0 Å². The Morgan fingerprint density at radius 3 is 2.71 bits per heavy atom. The molecule has 5 heteroatoms. The third-order valence-electron chi connectivity index (χ3n) is 2.32. The molecule has 0 fully saturated rings. The van der Waals surface area contributed by atoms with Crippen molar-refractivity contribution in [3.63, 3.8) is 0 Å². The van der Waals surface area contributed by atoms with Crippen molar-refractivity contribution in [2.45, 2.75) is 12.5 Å². The van der Waals surface area contributed by atoms with Crippen molar-refractivity contribution in [2.24, 2.45) is 7.05 Å². The fraction of sp³-hybridized carbons (Fsp3) is 0.778. The van der Waals surface area contributed by atoms with E-state index in [0.29, 0.717) is 6.04 Å². The molecule has 1 unspecified atom stereocenters. The summed E-state index contributed by atoms with van der Waals surface area (Å²) < 4.78 is 1.82. The standard InChI is InChI=1S/C9H19N5/c1-10-8(5-6-13(2)3)9-7-11-12-14(9)4/h7-8,10H,5-6H2,1-4H3. The minimum absolute atomic E-state index is 0.331. The molecular formula is C9H19N5. The Balaban J connectivity index is 2.58. The molecule has 1 aromatic heterocycles. The second kappa shape index (κ2) is 5.07. The Morgan fingerprint density at radius 2 is 2.29 bits per heavy atom. The van der Waals surface area contributed by atoms with E-state index in [-0.39, 0.29) is 0 Å². The van der Waals surface area contributed by atoms with Crippen molar-refractivity contribution in [1.29, 1.82) is 0 Å². The molecule has 0 aliphatic heterocycles. The minimum Gasteiger partial charge on any atom is -0.312 e. The highest BCUT2D eigenvalue weighted by atomic mass is 15.4. The zero-order chi connectivity index (χ0) is 10.6. The summed E-state index contributed by atoms with van der Waals surface area (Å²) in [4.78, 5) is 2.17. The summed E-state index contributed by atoms with van der Waals surface area (Å²) in [5.74, 6) is 0. The van der Waals surface area contributed by atoms with Crippen LogP contribution in [0.3, 0.4) is 0 Å². The van der Waals surface area contributed by atoms with E-state index >= 15 is 0 Å². The Morgan fingerprint density at radius 1 is 1.57 bits per heavy atom. The Bertz CT molecular complexity index is 268. The first-order valence-corrected chi connectivity index (χ1v) is 4.81. The van der Waals surface area contributed by atoms with Crippen molar-refractivity contribution in [3.8, 4) is 0 Å². The fourth-order valence-corrected chi connectivity index (χ4v) is 1.44. The van der Waals surface area contributed by atoms with E-state index in [1.54, 1.807) is 0 Å². The number of aromatic nitrogens is 3. The zero-order valence-electron chi connectivity index (χ0n) is 9.36. The topological polar surface area (TPSA) is 46.0 Å². The van der Waals surface area contributed by atoms with Crippen LogP contribution in [-0.2, 0) is 7.05 Å². The van der Waals surface area contributed by atoms with Crippen molar-refractivity contribution in [1.82, 2.24) is 25.2 Å². The maximum absolute atomic E-state index is 3.93. The zero-order valence-corrected chi connectivity index (χ0v) is 9.36. The lowest BCUT2D eigenvalue weighted by Crippen LogP contribution is -2.24. The molecule has 1 heterocycles. The van der Waals surface area contributed by atoms with Crippen LogP contribution >= 0.6 is 0 Å². The molecule has 1 atom stereocenters. The smallest absolute Gasteiger partial charge is 0.0753 e. The van der Waals surface area contributed by atoms with E-state index in [0.717, 1.165) is 18.7 Å². The second-order valence-corrected chi connectivity index (χ2v) is 3.72. The summed E-state index contributed by atoms with van der Waals surface area (Å²) in [5.41, 5.74) is 1.13. The lowest BCUT2D eigenvalue weighted by molar-refractivity contribution is 0.362. The lowest BCUT2D eigenvalue weighted by Gasteiger charge is -2.18. The van der Waals surface area contributed by atoms with E-state index in [1.165, 1.54) is 0 Å². The number of hydrogen-bond donors (Lipinski definition) is 1. The Kier molecular flexibility index (Phi) is 4.03. The molecule has 1 N–H and O–H groups in total.